The molecule has 2 heterocycles. The Hall–Kier alpha value is -3.45. The number of hydrogen-bond donors (Lipinski definition) is 1. The fraction of sp³-hybridized carbons (Fsp3) is 0.100. The van der Waals surface area contributed by atoms with Gasteiger partial charge in [-0.1, -0.05) is 17.7 Å². The van der Waals surface area contributed by atoms with Crippen molar-refractivity contribution in [3.63, 3.8) is 0 Å². The molecule has 0 aliphatic heterocycles. The van der Waals surface area contributed by atoms with Crippen LogP contribution in [-0.2, 0) is 6.54 Å². The first kappa shape index (κ1) is 17.9. The summed E-state index contributed by atoms with van der Waals surface area (Å²) in [6.45, 7) is 0.428. The van der Waals surface area contributed by atoms with Crippen molar-refractivity contribution in [1.29, 1.82) is 0 Å². The topological polar surface area (TPSA) is 86.5 Å². The van der Waals surface area contributed by atoms with E-state index in [1.165, 1.54) is 16.8 Å². The van der Waals surface area contributed by atoms with Gasteiger partial charge >= 0.3 is 5.69 Å². The van der Waals surface area contributed by atoms with Gasteiger partial charge in [0.2, 0.25) is 0 Å². The number of halogens is 1. The van der Waals surface area contributed by atoms with Crippen LogP contribution in [0.5, 0.6) is 17.2 Å². The van der Waals surface area contributed by atoms with E-state index in [2.05, 4.69) is 4.98 Å². The van der Waals surface area contributed by atoms with E-state index in [4.69, 9.17) is 25.5 Å². The van der Waals surface area contributed by atoms with Gasteiger partial charge in [0.1, 0.15) is 17.9 Å². The van der Waals surface area contributed by atoms with Crippen LogP contribution in [0, 0.1) is 0 Å². The van der Waals surface area contributed by atoms with Gasteiger partial charge in [0.25, 0.3) is 5.56 Å². The molecule has 0 aliphatic carbocycles. The van der Waals surface area contributed by atoms with Crippen LogP contribution < -0.4 is 20.7 Å². The van der Waals surface area contributed by atoms with Crippen molar-refractivity contribution in [2.75, 3.05) is 6.61 Å². The molecule has 0 fully saturated rings. The van der Waals surface area contributed by atoms with Crippen LogP contribution in [0.1, 0.15) is 0 Å². The van der Waals surface area contributed by atoms with Crippen LogP contribution in [0.15, 0.2) is 75.0 Å². The van der Waals surface area contributed by atoms with Gasteiger partial charge in [0.15, 0.2) is 11.5 Å². The maximum atomic E-state index is 11.7. The first-order valence-corrected chi connectivity index (χ1v) is 8.84. The molecule has 2 aromatic heterocycles. The van der Waals surface area contributed by atoms with Crippen LogP contribution in [0.25, 0.3) is 11.0 Å². The van der Waals surface area contributed by atoms with E-state index >= 15 is 0 Å². The van der Waals surface area contributed by atoms with Crippen LogP contribution in [0.4, 0.5) is 0 Å². The van der Waals surface area contributed by atoms with E-state index in [0.717, 1.165) is 5.39 Å². The summed E-state index contributed by atoms with van der Waals surface area (Å²) in [5.74, 6) is 1.53. The van der Waals surface area contributed by atoms with E-state index in [0.29, 0.717) is 27.9 Å². The second kappa shape index (κ2) is 7.66. The quantitative estimate of drug-likeness (QED) is 0.533. The number of nitrogens with one attached hydrogen (secondary N) is 1. The highest BCUT2D eigenvalue weighted by molar-refractivity contribution is 6.30. The Bertz CT molecular complexity index is 1240. The number of rotatable bonds is 6. The van der Waals surface area contributed by atoms with Crippen LogP contribution in [0.3, 0.4) is 0 Å². The highest BCUT2D eigenvalue weighted by atomic mass is 35.5. The van der Waals surface area contributed by atoms with Crippen LogP contribution >= 0.6 is 11.6 Å². The molecule has 0 bridgehead atoms. The maximum absolute atomic E-state index is 11.7. The summed E-state index contributed by atoms with van der Waals surface area (Å²) in [6, 6.07) is 13.7. The summed E-state index contributed by atoms with van der Waals surface area (Å²) < 4.78 is 18.5. The zero-order valence-corrected chi connectivity index (χ0v) is 15.3. The Labute approximate surface area is 163 Å². The maximum Gasteiger partial charge on any atom is 0.328 e. The van der Waals surface area contributed by atoms with Crippen molar-refractivity contribution in [1.82, 2.24) is 9.55 Å². The molecule has 1 N–H and O–H groups in total. The Morgan fingerprint density at radius 3 is 2.79 bits per heavy atom. The zero-order chi connectivity index (χ0) is 19.5. The number of nitrogens with zero attached hydrogens (tertiary/aromatic N) is 1. The number of fused-ring (bicyclic) bond motifs is 1. The normalized spacial score (nSPS) is 10.9. The molecule has 0 unspecified atom stereocenters. The third-order valence-electron chi connectivity index (χ3n) is 4.07. The number of benzene rings is 2. The van der Waals surface area contributed by atoms with Crippen LogP contribution in [-0.4, -0.2) is 16.2 Å². The zero-order valence-electron chi connectivity index (χ0n) is 14.6. The van der Waals surface area contributed by atoms with Crippen molar-refractivity contribution < 1.29 is 13.9 Å². The van der Waals surface area contributed by atoms with Gasteiger partial charge in [-0.2, -0.15) is 0 Å². The lowest BCUT2D eigenvalue weighted by Crippen LogP contribution is -2.30. The summed E-state index contributed by atoms with van der Waals surface area (Å²) in [4.78, 5) is 25.1. The highest BCUT2D eigenvalue weighted by Crippen LogP contribution is 2.37. The molecular weight excluding hydrogens is 384 g/mol. The molecular formula is C20H15ClN2O5. The average molecular weight is 399 g/mol. The summed E-state index contributed by atoms with van der Waals surface area (Å²) in [5, 5.41) is 1.33. The molecule has 0 amide bonds. The predicted molar refractivity (Wildman–Crippen MR) is 105 cm³/mol. The van der Waals surface area contributed by atoms with E-state index in [1.807, 2.05) is 24.3 Å². The van der Waals surface area contributed by atoms with Crippen molar-refractivity contribution in [3.8, 4) is 17.2 Å². The predicted octanol–water partition coefficient (Wildman–Crippen LogP) is 3.81. The van der Waals surface area contributed by atoms with E-state index in [1.54, 1.807) is 24.5 Å². The molecule has 4 rings (SSSR count). The first-order valence-electron chi connectivity index (χ1n) is 8.46. The number of hydrogen-bond acceptors (Lipinski definition) is 5. The monoisotopic (exact) mass is 398 g/mol. The standard InChI is InChI=1S/C20H15ClN2O5/c21-13-4-5-17(28-16-3-1-2-15-14(16)7-10-26-15)18(12-13)27-11-9-23-8-6-19(24)22-20(23)25/h1-8,10,12H,9,11H2,(H,22,24,25). The van der Waals surface area contributed by atoms with Crippen molar-refractivity contribution in [2.24, 2.45) is 0 Å². The number of furan rings is 1. The van der Waals surface area contributed by atoms with E-state index < -0.39 is 11.2 Å². The fourth-order valence-corrected chi connectivity index (χ4v) is 2.89. The number of aromatic nitrogens is 2. The molecule has 0 aliphatic rings. The van der Waals surface area contributed by atoms with Crippen molar-refractivity contribution in [3.05, 3.63) is 86.9 Å². The minimum absolute atomic E-state index is 0.179. The second-order valence-electron chi connectivity index (χ2n) is 5.93. The Balaban J connectivity index is 1.54. The molecule has 142 valence electrons. The minimum Gasteiger partial charge on any atom is -0.488 e. The number of H-pyrrole nitrogens is 1. The van der Waals surface area contributed by atoms with Gasteiger partial charge in [0.05, 0.1) is 18.2 Å². The molecule has 0 saturated heterocycles. The second-order valence-corrected chi connectivity index (χ2v) is 6.37. The molecule has 8 heteroatoms. The SMILES string of the molecule is O=c1ccn(CCOc2cc(Cl)ccc2Oc2cccc3occc23)c(=O)[nH]1. The van der Waals surface area contributed by atoms with Crippen molar-refractivity contribution >= 4 is 22.6 Å². The third-order valence-corrected chi connectivity index (χ3v) is 4.30. The lowest BCUT2D eigenvalue weighted by Gasteiger charge is -2.14. The Morgan fingerprint density at radius 2 is 1.93 bits per heavy atom. The van der Waals surface area contributed by atoms with Crippen LogP contribution in [0.2, 0.25) is 5.02 Å². The summed E-state index contributed by atoms with van der Waals surface area (Å²) in [7, 11) is 0. The van der Waals surface area contributed by atoms with E-state index in [-0.39, 0.29) is 13.2 Å². The third kappa shape index (κ3) is 3.79. The molecule has 7 nitrogen and oxygen atoms in total. The largest absolute Gasteiger partial charge is 0.488 e. The Kier molecular flexibility index (Phi) is 4.90. The molecule has 28 heavy (non-hydrogen) atoms. The van der Waals surface area contributed by atoms with Gasteiger partial charge in [-0.05, 0) is 30.3 Å². The highest BCUT2D eigenvalue weighted by Gasteiger charge is 2.11. The smallest absolute Gasteiger partial charge is 0.328 e. The molecule has 0 atom stereocenters. The lowest BCUT2D eigenvalue weighted by atomic mass is 10.2. The van der Waals surface area contributed by atoms with Gasteiger partial charge in [-0.25, -0.2) is 4.79 Å². The summed E-state index contributed by atoms with van der Waals surface area (Å²) >= 11 is 6.09. The number of ether oxygens (including phenoxy) is 2. The summed E-state index contributed by atoms with van der Waals surface area (Å²) in [6.07, 6.45) is 3.01. The van der Waals surface area contributed by atoms with Gasteiger partial charge in [-0.15, -0.1) is 0 Å². The average Bonchev–Trinajstić information content (AvgIpc) is 3.15. The molecule has 2 aromatic carbocycles. The van der Waals surface area contributed by atoms with Gasteiger partial charge < -0.3 is 13.9 Å². The molecule has 4 aromatic rings. The molecule has 0 spiro atoms. The van der Waals surface area contributed by atoms with Crippen molar-refractivity contribution in [2.45, 2.75) is 6.54 Å². The lowest BCUT2D eigenvalue weighted by molar-refractivity contribution is 0.283. The molecule has 0 saturated carbocycles. The van der Waals surface area contributed by atoms with Gasteiger partial charge in [0, 0.05) is 23.4 Å². The number of aromatic amines is 1. The first-order chi connectivity index (χ1) is 13.6. The van der Waals surface area contributed by atoms with Gasteiger partial charge in [-0.3, -0.25) is 14.3 Å². The minimum atomic E-state index is -0.495. The Morgan fingerprint density at radius 1 is 1.04 bits per heavy atom. The molecule has 0 radical (unpaired) electrons. The fourth-order valence-electron chi connectivity index (χ4n) is 2.73. The summed E-state index contributed by atoms with van der Waals surface area (Å²) in [5.41, 5.74) is -0.224. The van der Waals surface area contributed by atoms with E-state index in [9.17, 15) is 9.59 Å².